The summed E-state index contributed by atoms with van der Waals surface area (Å²) in [6.07, 6.45) is 6.03. The summed E-state index contributed by atoms with van der Waals surface area (Å²) in [5, 5.41) is 7.61. The third kappa shape index (κ3) is 7.91. The lowest BCUT2D eigenvalue weighted by molar-refractivity contribution is 0.0536. The number of aliphatic imine (C=N–C) groups is 1. The average Bonchev–Trinajstić information content (AvgIpc) is 3.20. The molecule has 0 saturated carbocycles. The lowest BCUT2D eigenvalue weighted by Gasteiger charge is -2.21. The first-order valence-electron chi connectivity index (χ1n) is 8.80. The van der Waals surface area contributed by atoms with Gasteiger partial charge in [0, 0.05) is 52.5 Å². The molecule has 0 amide bonds. The summed E-state index contributed by atoms with van der Waals surface area (Å²) < 4.78 is 12.5. The van der Waals surface area contributed by atoms with Crippen LogP contribution in [0, 0.1) is 5.92 Å². The Morgan fingerprint density at radius 2 is 2.28 bits per heavy atom. The van der Waals surface area contributed by atoms with Crippen molar-refractivity contribution in [2.45, 2.75) is 19.8 Å². The second kappa shape index (κ2) is 12.5. The first-order valence-corrected chi connectivity index (χ1v) is 8.80. The molecule has 0 aliphatic carbocycles. The van der Waals surface area contributed by atoms with Crippen molar-refractivity contribution in [1.29, 1.82) is 0 Å². The van der Waals surface area contributed by atoms with Gasteiger partial charge in [0.1, 0.15) is 0 Å². The molecule has 1 aromatic heterocycles. The molecule has 25 heavy (non-hydrogen) atoms. The summed E-state index contributed by atoms with van der Waals surface area (Å²) in [5.41, 5.74) is 1.22. The Hall–Kier alpha value is -0.870. The van der Waals surface area contributed by atoms with Gasteiger partial charge >= 0.3 is 0 Å². The van der Waals surface area contributed by atoms with Crippen molar-refractivity contribution in [1.82, 2.24) is 20.0 Å². The number of aromatic nitrogens is 2. The number of hydrogen-bond donors (Lipinski definition) is 1. The van der Waals surface area contributed by atoms with Gasteiger partial charge in [-0.1, -0.05) is 0 Å². The highest BCUT2D eigenvalue weighted by atomic mass is 127. The van der Waals surface area contributed by atoms with Gasteiger partial charge in [0.25, 0.3) is 0 Å². The molecule has 2 heterocycles. The minimum Gasteiger partial charge on any atom is -0.382 e. The Labute approximate surface area is 168 Å². The van der Waals surface area contributed by atoms with Gasteiger partial charge in [0.05, 0.1) is 26.0 Å². The summed E-state index contributed by atoms with van der Waals surface area (Å²) >= 11 is 0. The van der Waals surface area contributed by atoms with Crippen molar-refractivity contribution < 1.29 is 9.47 Å². The number of rotatable bonds is 9. The van der Waals surface area contributed by atoms with Crippen LogP contribution in [0.4, 0.5) is 0 Å². The van der Waals surface area contributed by atoms with Crippen LogP contribution in [0.3, 0.4) is 0 Å². The van der Waals surface area contributed by atoms with E-state index in [1.807, 2.05) is 24.1 Å². The van der Waals surface area contributed by atoms with E-state index < -0.39 is 0 Å². The van der Waals surface area contributed by atoms with Gasteiger partial charge in [-0.15, -0.1) is 24.0 Å². The highest BCUT2D eigenvalue weighted by Crippen LogP contribution is 2.16. The van der Waals surface area contributed by atoms with Gasteiger partial charge in [-0.3, -0.25) is 9.67 Å². The monoisotopic (exact) mass is 465 g/mol. The summed E-state index contributed by atoms with van der Waals surface area (Å²) in [6.45, 7) is 7.95. The van der Waals surface area contributed by atoms with Gasteiger partial charge < -0.3 is 19.7 Å². The molecule has 0 aromatic carbocycles. The van der Waals surface area contributed by atoms with Crippen LogP contribution in [0.1, 0.15) is 18.9 Å². The Morgan fingerprint density at radius 1 is 1.44 bits per heavy atom. The van der Waals surface area contributed by atoms with Crippen LogP contribution in [0.2, 0.25) is 0 Å². The van der Waals surface area contributed by atoms with Gasteiger partial charge in [0.2, 0.25) is 0 Å². The number of likely N-dealkylation sites (tertiary alicyclic amines) is 1. The van der Waals surface area contributed by atoms with Crippen LogP contribution in [0.25, 0.3) is 0 Å². The zero-order chi connectivity index (χ0) is 17.2. The van der Waals surface area contributed by atoms with Crippen LogP contribution >= 0.6 is 24.0 Å². The van der Waals surface area contributed by atoms with Crippen LogP contribution in [-0.2, 0) is 22.9 Å². The third-order valence-electron chi connectivity index (χ3n) is 4.13. The maximum Gasteiger partial charge on any atom is 0.193 e. The molecule has 144 valence electrons. The quantitative estimate of drug-likeness (QED) is 0.260. The largest absolute Gasteiger partial charge is 0.382 e. The summed E-state index contributed by atoms with van der Waals surface area (Å²) in [6, 6.07) is 0. The predicted octanol–water partition coefficient (Wildman–Crippen LogP) is 1.53. The van der Waals surface area contributed by atoms with Gasteiger partial charge in [-0.25, -0.2) is 0 Å². The lowest BCUT2D eigenvalue weighted by Crippen LogP contribution is -2.40. The molecule has 1 N–H and O–H groups in total. The molecule has 1 fully saturated rings. The zero-order valence-corrected chi connectivity index (χ0v) is 17.9. The van der Waals surface area contributed by atoms with Crippen molar-refractivity contribution in [3.05, 3.63) is 18.0 Å². The molecule has 1 aromatic rings. The molecule has 0 radical (unpaired) electrons. The third-order valence-corrected chi connectivity index (χ3v) is 4.13. The molecule has 1 aliphatic rings. The van der Waals surface area contributed by atoms with Gasteiger partial charge in [-0.05, 0) is 25.3 Å². The molecule has 1 atom stereocenters. The fourth-order valence-electron chi connectivity index (χ4n) is 2.87. The SMILES string of the molecule is CCNC(=NCCc1cnn(C)c1)N1CCC(COCCOC)C1.I. The molecular weight excluding hydrogens is 433 g/mol. The maximum absolute atomic E-state index is 5.67. The fraction of sp³-hybridized carbons (Fsp3) is 0.765. The molecule has 2 rings (SSSR count). The molecule has 8 heteroatoms. The Balaban J connectivity index is 0.00000312. The van der Waals surface area contributed by atoms with Gasteiger partial charge in [0.15, 0.2) is 5.96 Å². The molecule has 7 nitrogen and oxygen atoms in total. The van der Waals surface area contributed by atoms with E-state index in [4.69, 9.17) is 14.5 Å². The number of aryl methyl sites for hydroxylation is 1. The van der Waals surface area contributed by atoms with E-state index >= 15 is 0 Å². The molecule has 1 saturated heterocycles. The normalized spacial score (nSPS) is 17.6. The van der Waals surface area contributed by atoms with E-state index in [0.29, 0.717) is 19.1 Å². The number of nitrogens with zero attached hydrogens (tertiary/aromatic N) is 4. The predicted molar refractivity (Wildman–Crippen MR) is 111 cm³/mol. The van der Waals surface area contributed by atoms with E-state index in [0.717, 1.165) is 51.6 Å². The minimum absolute atomic E-state index is 0. The Kier molecular flexibility index (Phi) is 11.1. The van der Waals surface area contributed by atoms with E-state index in [9.17, 15) is 0 Å². The molecule has 1 aliphatic heterocycles. The van der Waals surface area contributed by atoms with E-state index in [1.165, 1.54) is 5.56 Å². The van der Waals surface area contributed by atoms with Crippen LogP contribution < -0.4 is 5.32 Å². The van der Waals surface area contributed by atoms with Crippen LogP contribution in [-0.4, -0.2) is 73.7 Å². The van der Waals surface area contributed by atoms with Crippen LogP contribution in [0.15, 0.2) is 17.4 Å². The summed E-state index contributed by atoms with van der Waals surface area (Å²) in [7, 11) is 3.64. The first kappa shape index (κ1) is 22.2. The van der Waals surface area contributed by atoms with Crippen LogP contribution in [0.5, 0.6) is 0 Å². The van der Waals surface area contributed by atoms with E-state index in [2.05, 4.69) is 22.2 Å². The lowest BCUT2D eigenvalue weighted by atomic mass is 10.1. The van der Waals surface area contributed by atoms with Crippen molar-refractivity contribution >= 4 is 29.9 Å². The molecular formula is C17H32IN5O2. The number of guanidine groups is 1. The number of nitrogens with one attached hydrogen (secondary N) is 1. The first-order chi connectivity index (χ1) is 11.7. The van der Waals surface area contributed by atoms with E-state index in [1.54, 1.807) is 7.11 Å². The minimum atomic E-state index is 0. The number of ether oxygens (including phenoxy) is 2. The summed E-state index contributed by atoms with van der Waals surface area (Å²) in [4.78, 5) is 7.12. The van der Waals surface area contributed by atoms with Crippen molar-refractivity contribution in [3.63, 3.8) is 0 Å². The smallest absolute Gasteiger partial charge is 0.193 e. The molecule has 0 spiro atoms. The zero-order valence-electron chi connectivity index (χ0n) is 15.6. The van der Waals surface area contributed by atoms with Crippen molar-refractivity contribution in [3.8, 4) is 0 Å². The highest BCUT2D eigenvalue weighted by Gasteiger charge is 2.24. The molecule has 1 unspecified atom stereocenters. The second-order valence-corrected chi connectivity index (χ2v) is 6.18. The standard InChI is InChI=1S/C17H31N5O2.HI/c1-4-18-17(19-7-5-15-11-20-21(2)12-15)22-8-6-16(13-22)14-24-10-9-23-3;/h11-12,16H,4-10,13-14H2,1-3H3,(H,18,19);1H. The summed E-state index contributed by atoms with van der Waals surface area (Å²) in [5.74, 6) is 1.59. The highest BCUT2D eigenvalue weighted by molar-refractivity contribution is 14.0. The average molecular weight is 465 g/mol. The molecule has 0 bridgehead atoms. The number of hydrogen-bond acceptors (Lipinski definition) is 4. The van der Waals surface area contributed by atoms with Gasteiger partial charge in [-0.2, -0.15) is 5.10 Å². The topological polar surface area (TPSA) is 63.9 Å². The maximum atomic E-state index is 5.67. The number of halogens is 1. The van der Waals surface area contributed by atoms with Crippen molar-refractivity contribution in [2.75, 3.05) is 53.1 Å². The van der Waals surface area contributed by atoms with Crippen molar-refractivity contribution in [2.24, 2.45) is 18.0 Å². The second-order valence-electron chi connectivity index (χ2n) is 6.18. The van der Waals surface area contributed by atoms with E-state index in [-0.39, 0.29) is 24.0 Å². The Bertz CT molecular complexity index is 509. The fourth-order valence-corrected chi connectivity index (χ4v) is 2.87. The number of methoxy groups -OCH3 is 1. The Morgan fingerprint density at radius 3 is 2.96 bits per heavy atom.